The molecule has 6 heavy (non-hydrogen) atoms. The summed E-state index contributed by atoms with van der Waals surface area (Å²) in [6.45, 7) is 0.566. The molecule has 0 amide bonds. The van der Waals surface area contributed by atoms with E-state index in [9.17, 15) is 0 Å². The van der Waals surface area contributed by atoms with E-state index in [0.29, 0.717) is 6.61 Å². The van der Waals surface area contributed by atoms with Crippen molar-refractivity contribution < 1.29 is 51.1 Å². The van der Waals surface area contributed by atoms with E-state index < -0.39 is 0 Å². The van der Waals surface area contributed by atoms with Crippen molar-refractivity contribution in [3.8, 4) is 0 Å². The van der Waals surface area contributed by atoms with Crippen LogP contribution in [0.1, 0.15) is 0 Å². The van der Waals surface area contributed by atoms with Crippen molar-refractivity contribution in [3.63, 3.8) is 0 Å². The van der Waals surface area contributed by atoms with Gasteiger partial charge in [-0.1, -0.05) is 0 Å². The van der Waals surface area contributed by atoms with Gasteiger partial charge in [0.1, 0.15) is 0 Å². The van der Waals surface area contributed by atoms with E-state index in [1.54, 1.807) is 7.11 Å². The molecule has 0 aromatic carbocycles. The number of aliphatic hydroxyl groups is 1. The average molecular weight is 217 g/mol. The van der Waals surface area contributed by atoms with Gasteiger partial charge in [-0.25, -0.2) is 0 Å². The monoisotopic (exact) mass is 217 g/mol. The van der Waals surface area contributed by atoms with Crippen LogP contribution in [0.2, 0.25) is 0 Å². The summed E-state index contributed by atoms with van der Waals surface area (Å²) in [6, 6.07) is 0. The molecule has 0 fully saturated rings. The first-order chi connectivity index (χ1) is 2.41. The van der Waals surface area contributed by atoms with Gasteiger partial charge in [0.05, 0.1) is 13.2 Å². The van der Waals surface area contributed by atoms with Crippen LogP contribution in [0.15, 0.2) is 0 Å². The second kappa shape index (κ2) is 9.56. The third kappa shape index (κ3) is 8.99. The minimum Gasteiger partial charge on any atom is -0.394 e. The third-order valence-electron chi connectivity index (χ3n) is 0.295. The summed E-state index contributed by atoms with van der Waals surface area (Å²) >= 11 is 0. The van der Waals surface area contributed by atoms with Gasteiger partial charge in [0, 0.05) is 48.4 Å². The van der Waals surface area contributed by atoms with Crippen molar-refractivity contribution >= 4 is 0 Å². The second-order valence-corrected chi connectivity index (χ2v) is 0.716. The van der Waals surface area contributed by atoms with Crippen LogP contribution in [-0.2, 0) is 4.74 Å². The summed E-state index contributed by atoms with van der Waals surface area (Å²) in [5, 5.41) is 7.94. The molecule has 0 aliphatic carbocycles. The molecule has 1 radical (unpaired) electrons. The molecular weight excluding hydrogens is 209 g/mol. The fourth-order valence-electron chi connectivity index (χ4n) is 0.0913. The molecule has 0 unspecified atom stereocenters. The average Bonchev–Trinajstić information content (AvgIpc) is 1.41. The Kier molecular flexibility index (Phi) is 16.4. The Morgan fingerprint density at radius 2 is 2.17 bits per heavy atom. The van der Waals surface area contributed by atoms with Gasteiger partial charge in [-0.15, -0.1) is 0 Å². The molecule has 3 heteroatoms. The number of ether oxygens (including phenoxy) is 1. The Balaban J connectivity index is 0. The summed E-state index contributed by atoms with van der Waals surface area (Å²) in [6.07, 6.45) is 0. The molecule has 0 atom stereocenters. The quantitative estimate of drug-likeness (QED) is 0.683. The zero-order valence-electron chi connectivity index (χ0n) is 3.85. The van der Waals surface area contributed by atoms with Crippen molar-refractivity contribution in [2.75, 3.05) is 20.3 Å². The van der Waals surface area contributed by atoms with Crippen LogP contribution in [-0.4, -0.2) is 25.4 Å². The standard InChI is InChI=1S/C3H8O2.Pr/c1-5-3-2-4;/h4H,2-3H2,1H3;. The molecule has 0 spiro atoms. The molecule has 35 valence electrons. The predicted octanol–water partition coefficient (Wildman–Crippen LogP) is -0.375. The molecule has 0 aliphatic heterocycles. The fourth-order valence-corrected chi connectivity index (χ4v) is 0.0913. The molecule has 0 saturated heterocycles. The SMILES string of the molecule is COCCO.[Pr]. The van der Waals surface area contributed by atoms with E-state index in [-0.39, 0.29) is 47.9 Å². The first-order valence-corrected chi connectivity index (χ1v) is 1.51. The van der Waals surface area contributed by atoms with Crippen molar-refractivity contribution in [1.29, 1.82) is 0 Å². The number of hydrogen-bond donors (Lipinski definition) is 1. The Bertz CT molecular complexity index is 16.3. The normalized spacial score (nSPS) is 7.00. The Morgan fingerprint density at radius 3 is 2.17 bits per heavy atom. The van der Waals surface area contributed by atoms with Crippen LogP contribution < -0.4 is 0 Å². The Morgan fingerprint density at radius 1 is 1.67 bits per heavy atom. The van der Waals surface area contributed by atoms with E-state index in [1.165, 1.54) is 0 Å². The molecule has 0 saturated carbocycles. The van der Waals surface area contributed by atoms with Crippen molar-refractivity contribution in [2.24, 2.45) is 0 Å². The first kappa shape index (κ1) is 10.3. The maximum absolute atomic E-state index is 7.94. The zero-order valence-corrected chi connectivity index (χ0v) is 7.55. The van der Waals surface area contributed by atoms with Crippen LogP contribution in [0.25, 0.3) is 0 Å². The van der Waals surface area contributed by atoms with E-state index >= 15 is 0 Å². The molecule has 1 N–H and O–H groups in total. The molecule has 2 nitrogen and oxygen atoms in total. The summed E-state index contributed by atoms with van der Waals surface area (Å²) < 4.78 is 4.44. The van der Waals surface area contributed by atoms with E-state index in [2.05, 4.69) is 4.74 Å². The van der Waals surface area contributed by atoms with E-state index in [4.69, 9.17) is 5.11 Å². The fraction of sp³-hybridized carbons (Fsp3) is 1.00. The van der Waals surface area contributed by atoms with Crippen LogP contribution in [0.4, 0.5) is 0 Å². The third-order valence-corrected chi connectivity index (χ3v) is 0.295. The number of rotatable bonds is 2. The minimum atomic E-state index is 0. The zero-order chi connectivity index (χ0) is 4.12. The van der Waals surface area contributed by atoms with Gasteiger partial charge in [-0.2, -0.15) is 0 Å². The summed E-state index contributed by atoms with van der Waals surface area (Å²) in [4.78, 5) is 0. The van der Waals surface area contributed by atoms with Gasteiger partial charge in [0.2, 0.25) is 0 Å². The number of aliphatic hydroxyl groups excluding tert-OH is 1. The van der Waals surface area contributed by atoms with E-state index in [0.717, 1.165) is 0 Å². The van der Waals surface area contributed by atoms with Crippen LogP contribution in [0.5, 0.6) is 0 Å². The van der Waals surface area contributed by atoms with Crippen molar-refractivity contribution in [3.05, 3.63) is 0 Å². The van der Waals surface area contributed by atoms with Crippen LogP contribution >= 0.6 is 0 Å². The number of methoxy groups -OCH3 is 1. The molecule has 0 aliphatic rings. The largest absolute Gasteiger partial charge is 0.394 e. The maximum Gasteiger partial charge on any atom is 0.0693 e. The molecular formula is C3H8O2Pr. The summed E-state index contributed by atoms with van der Waals surface area (Å²) in [5.74, 6) is 0. The van der Waals surface area contributed by atoms with Crippen LogP contribution in [0.3, 0.4) is 0 Å². The van der Waals surface area contributed by atoms with Gasteiger partial charge in [0.15, 0.2) is 0 Å². The van der Waals surface area contributed by atoms with Gasteiger partial charge in [0.25, 0.3) is 0 Å². The Hall–Kier alpha value is 1.28. The molecule has 0 aromatic heterocycles. The maximum atomic E-state index is 7.94. The predicted molar refractivity (Wildman–Crippen MR) is 19.0 cm³/mol. The topological polar surface area (TPSA) is 29.5 Å². The van der Waals surface area contributed by atoms with Crippen molar-refractivity contribution in [1.82, 2.24) is 0 Å². The molecule has 0 heterocycles. The number of hydrogen-bond acceptors (Lipinski definition) is 2. The summed E-state index contributed by atoms with van der Waals surface area (Å²) in [5.41, 5.74) is 0. The minimum absolute atomic E-state index is 0. The molecule has 0 rings (SSSR count). The second-order valence-electron chi connectivity index (χ2n) is 0.716. The van der Waals surface area contributed by atoms with Crippen molar-refractivity contribution in [2.45, 2.75) is 0 Å². The first-order valence-electron chi connectivity index (χ1n) is 1.51. The van der Waals surface area contributed by atoms with Gasteiger partial charge in [-0.05, 0) is 0 Å². The van der Waals surface area contributed by atoms with Gasteiger partial charge >= 0.3 is 0 Å². The molecule has 0 bridgehead atoms. The van der Waals surface area contributed by atoms with Gasteiger partial charge < -0.3 is 9.84 Å². The van der Waals surface area contributed by atoms with E-state index in [1.807, 2.05) is 0 Å². The van der Waals surface area contributed by atoms with Gasteiger partial charge in [-0.3, -0.25) is 0 Å². The smallest absolute Gasteiger partial charge is 0.0693 e. The van der Waals surface area contributed by atoms with Crippen LogP contribution in [0, 0.1) is 41.3 Å². The molecule has 0 aromatic rings. The Labute approximate surface area is 70.8 Å². The summed E-state index contributed by atoms with van der Waals surface area (Å²) in [7, 11) is 1.55.